The quantitative estimate of drug-likeness (QED) is 0.230. The van der Waals surface area contributed by atoms with Crippen molar-refractivity contribution in [1.82, 2.24) is 10.6 Å². The average Bonchev–Trinajstić information content (AvgIpc) is 2.43. The van der Waals surface area contributed by atoms with Crippen molar-refractivity contribution < 1.29 is 38.5 Å². The molecule has 0 radical (unpaired) electrons. The third-order valence-electron chi connectivity index (χ3n) is 2.32. The first kappa shape index (κ1) is 22.8. The molecular formula is C15H26N2O8. The van der Waals surface area contributed by atoms with E-state index in [9.17, 15) is 19.2 Å². The van der Waals surface area contributed by atoms with E-state index in [1.807, 2.05) is 0 Å². The number of esters is 1. The number of amides is 2. The van der Waals surface area contributed by atoms with E-state index < -0.39 is 30.1 Å². The Morgan fingerprint density at radius 1 is 0.880 bits per heavy atom. The van der Waals surface area contributed by atoms with Crippen LogP contribution in [0.4, 0.5) is 0 Å². The largest absolute Gasteiger partial charge is 0.480 e. The van der Waals surface area contributed by atoms with Crippen LogP contribution in [-0.4, -0.2) is 74.0 Å². The van der Waals surface area contributed by atoms with Gasteiger partial charge in [0, 0.05) is 13.1 Å². The molecule has 25 heavy (non-hydrogen) atoms. The fourth-order valence-corrected chi connectivity index (χ4v) is 1.47. The second-order valence-electron chi connectivity index (χ2n) is 5.96. The second-order valence-corrected chi connectivity index (χ2v) is 5.96. The molecule has 10 heteroatoms. The van der Waals surface area contributed by atoms with Crippen molar-refractivity contribution in [3.63, 3.8) is 0 Å². The topological polar surface area (TPSA) is 140 Å². The lowest BCUT2D eigenvalue weighted by atomic mass is 10.2. The molecule has 0 saturated heterocycles. The maximum Gasteiger partial charge on any atom is 0.329 e. The molecule has 0 bridgehead atoms. The molecule has 0 rings (SSSR count). The van der Waals surface area contributed by atoms with E-state index in [1.165, 1.54) is 0 Å². The summed E-state index contributed by atoms with van der Waals surface area (Å²) in [6.07, 6.45) is -0.381. The Kier molecular flexibility index (Phi) is 11.1. The van der Waals surface area contributed by atoms with Gasteiger partial charge in [0.1, 0.15) is 25.2 Å². The van der Waals surface area contributed by atoms with Gasteiger partial charge in [-0.3, -0.25) is 14.4 Å². The monoisotopic (exact) mass is 362 g/mol. The number of nitrogens with one attached hydrogen (secondary N) is 2. The fraction of sp³-hybridized carbons (Fsp3) is 0.733. The summed E-state index contributed by atoms with van der Waals surface area (Å²) in [5, 5.41) is 13.3. The molecule has 0 spiro atoms. The molecule has 0 aliphatic rings. The molecule has 0 aromatic rings. The van der Waals surface area contributed by atoms with Crippen LogP contribution >= 0.6 is 0 Å². The van der Waals surface area contributed by atoms with Crippen LogP contribution in [0.1, 0.15) is 27.2 Å². The molecule has 0 fully saturated rings. The molecule has 3 N–H and O–H groups in total. The van der Waals surface area contributed by atoms with Crippen molar-refractivity contribution in [2.75, 3.05) is 39.5 Å². The molecule has 10 nitrogen and oxygen atoms in total. The zero-order valence-corrected chi connectivity index (χ0v) is 14.8. The molecule has 0 aliphatic carbocycles. The summed E-state index contributed by atoms with van der Waals surface area (Å²) in [6, 6.07) is 0. The molecule has 0 aromatic carbocycles. The first-order chi connectivity index (χ1) is 11.6. The van der Waals surface area contributed by atoms with Gasteiger partial charge in [-0.2, -0.15) is 0 Å². The van der Waals surface area contributed by atoms with Crippen LogP contribution in [0.5, 0.6) is 0 Å². The van der Waals surface area contributed by atoms with Gasteiger partial charge >= 0.3 is 11.9 Å². The Balaban J connectivity index is 3.58. The van der Waals surface area contributed by atoms with Crippen molar-refractivity contribution in [3.8, 4) is 0 Å². The third-order valence-corrected chi connectivity index (χ3v) is 2.32. The lowest BCUT2D eigenvalue weighted by molar-refractivity contribution is -0.156. The molecule has 0 unspecified atom stereocenters. The molecule has 144 valence electrons. The van der Waals surface area contributed by atoms with Crippen LogP contribution in [0.25, 0.3) is 0 Å². The predicted octanol–water partition coefficient (Wildman–Crippen LogP) is -0.932. The van der Waals surface area contributed by atoms with Crippen LogP contribution in [0.2, 0.25) is 0 Å². The molecule has 0 atom stereocenters. The van der Waals surface area contributed by atoms with Gasteiger partial charge in [0.15, 0.2) is 0 Å². The van der Waals surface area contributed by atoms with Crippen molar-refractivity contribution in [2.45, 2.75) is 32.8 Å². The van der Waals surface area contributed by atoms with Crippen molar-refractivity contribution in [1.29, 1.82) is 0 Å². The Labute approximate surface area is 146 Å². The number of aliphatic carboxylic acids is 1. The standard InChI is InChI=1S/C15H26N2O8/c1-15(2,3)25-14(22)8-11(18)16-4-6-23-9-12(19)17-5-7-24-10-13(20)21/h4-10H2,1-3H3,(H,16,18)(H,17,19)(H,20,21). The Morgan fingerprint density at radius 2 is 1.40 bits per heavy atom. The van der Waals surface area contributed by atoms with E-state index >= 15 is 0 Å². The van der Waals surface area contributed by atoms with E-state index in [2.05, 4.69) is 10.6 Å². The van der Waals surface area contributed by atoms with Gasteiger partial charge in [0.25, 0.3) is 0 Å². The van der Waals surface area contributed by atoms with Gasteiger partial charge in [0.05, 0.1) is 13.2 Å². The van der Waals surface area contributed by atoms with Crippen LogP contribution in [0.15, 0.2) is 0 Å². The zero-order chi connectivity index (χ0) is 19.3. The summed E-state index contributed by atoms with van der Waals surface area (Å²) in [5.74, 6) is -2.57. The van der Waals surface area contributed by atoms with Crippen LogP contribution in [0, 0.1) is 0 Å². The zero-order valence-electron chi connectivity index (χ0n) is 14.8. The Morgan fingerprint density at radius 3 is 1.92 bits per heavy atom. The molecule has 0 aromatic heterocycles. The normalized spacial score (nSPS) is 10.8. The molecule has 0 saturated carbocycles. The number of hydrogen-bond acceptors (Lipinski definition) is 7. The lowest BCUT2D eigenvalue weighted by Gasteiger charge is -2.19. The van der Waals surface area contributed by atoms with E-state index in [0.717, 1.165) is 0 Å². The summed E-state index contributed by atoms with van der Waals surface area (Å²) in [5.41, 5.74) is -0.646. The van der Waals surface area contributed by atoms with Gasteiger partial charge in [0.2, 0.25) is 11.8 Å². The van der Waals surface area contributed by atoms with Crippen molar-refractivity contribution >= 4 is 23.8 Å². The van der Waals surface area contributed by atoms with E-state index in [-0.39, 0.29) is 45.2 Å². The van der Waals surface area contributed by atoms with E-state index in [4.69, 9.17) is 19.3 Å². The predicted molar refractivity (Wildman–Crippen MR) is 85.8 cm³/mol. The number of carboxylic acid groups (broad SMARTS) is 1. The summed E-state index contributed by atoms with van der Waals surface area (Å²) in [4.78, 5) is 44.4. The van der Waals surface area contributed by atoms with Gasteiger partial charge in [-0.1, -0.05) is 0 Å². The molecule has 0 heterocycles. The van der Waals surface area contributed by atoms with Crippen LogP contribution in [-0.2, 0) is 33.4 Å². The number of carbonyl (C=O) groups is 4. The van der Waals surface area contributed by atoms with Gasteiger partial charge < -0.3 is 30.0 Å². The molecule has 2 amide bonds. The van der Waals surface area contributed by atoms with E-state index in [0.29, 0.717) is 0 Å². The molecule has 0 aliphatic heterocycles. The minimum Gasteiger partial charge on any atom is -0.480 e. The first-order valence-corrected chi connectivity index (χ1v) is 7.72. The lowest BCUT2D eigenvalue weighted by Crippen LogP contribution is -2.34. The number of hydrogen-bond donors (Lipinski definition) is 3. The second kappa shape index (κ2) is 12.2. The number of carbonyl (C=O) groups excluding carboxylic acids is 3. The minimum absolute atomic E-state index is 0.0821. The Hall–Kier alpha value is -2.20. The number of rotatable bonds is 12. The summed E-state index contributed by atoms with van der Waals surface area (Å²) >= 11 is 0. The van der Waals surface area contributed by atoms with Gasteiger partial charge in [-0.15, -0.1) is 0 Å². The Bertz CT molecular complexity index is 459. The highest BCUT2D eigenvalue weighted by atomic mass is 16.6. The average molecular weight is 362 g/mol. The highest BCUT2D eigenvalue weighted by Gasteiger charge is 2.18. The van der Waals surface area contributed by atoms with Crippen LogP contribution < -0.4 is 10.6 Å². The highest BCUT2D eigenvalue weighted by molar-refractivity contribution is 5.94. The number of ether oxygens (including phenoxy) is 3. The first-order valence-electron chi connectivity index (χ1n) is 7.72. The van der Waals surface area contributed by atoms with E-state index in [1.54, 1.807) is 20.8 Å². The fourth-order valence-electron chi connectivity index (χ4n) is 1.47. The highest BCUT2D eigenvalue weighted by Crippen LogP contribution is 2.07. The van der Waals surface area contributed by atoms with Crippen molar-refractivity contribution in [3.05, 3.63) is 0 Å². The van der Waals surface area contributed by atoms with Crippen molar-refractivity contribution in [2.24, 2.45) is 0 Å². The smallest absolute Gasteiger partial charge is 0.329 e. The SMILES string of the molecule is CC(C)(C)OC(=O)CC(=O)NCCOCC(=O)NCCOCC(=O)O. The maximum atomic E-state index is 11.5. The summed E-state index contributed by atoms with van der Waals surface area (Å²) in [6.45, 7) is 5.00. The maximum absolute atomic E-state index is 11.5. The van der Waals surface area contributed by atoms with Gasteiger partial charge in [-0.05, 0) is 20.8 Å². The summed E-state index contributed by atoms with van der Waals surface area (Å²) < 4.78 is 14.8. The molecular weight excluding hydrogens is 336 g/mol. The van der Waals surface area contributed by atoms with Gasteiger partial charge in [-0.25, -0.2) is 4.79 Å². The third kappa shape index (κ3) is 16.4. The summed E-state index contributed by atoms with van der Waals surface area (Å²) in [7, 11) is 0. The minimum atomic E-state index is -1.08. The number of carboxylic acids is 1. The van der Waals surface area contributed by atoms with Crippen LogP contribution in [0.3, 0.4) is 0 Å².